The van der Waals surface area contributed by atoms with Crippen molar-refractivity contribution in [2.75, 3.05) is 14.2 Å². The first-order valence-electron chi connectivity index (χ1n) is 10.2. The summed E-state index contributed by atoms with van der Waals surface area (Å²) < 4.78 is 10.3. The molecule has 4 rings (SSSR count). The monoisotopic (exact) mass is 419 g/mol. The first kappa shape index (κ1) is 20.7. The molecule has 0 fully saturated rings. The van der Waals surface area contributed by atoms with Crippen LogP contribution in [0.2, 0.25) is 0 Å². The van der Waals surface area contributed by atoms with E-state index in [-0.39, 0.29) is 23.2 Å². The number of dihydropyridines is 1. The highest BCUT2D eigenvalue weighted by Crippen LogP contribution is 2.46. The van der Waals surface area contributed by atoms with E-state index in [4.69, 9.17) is 9.47 Å². The van der Waals surface area contributed by atoms with E-state index in [1.165, 1.54) is 20.3 Å². The average Bonchev–Trinajstić information content (AvgIpc) is 2.78. The molecule has 160 valence electrons. The minimum atomic E-state index is -0.595. The van der Waals surface area contributed by atoms with Crippen LogP contribution >= 0.6 is 0 Å². The number of carbonyl (C=O) groups excluding carboxylic acids is 2. The van der Waals surface area contributed by atoms with Crippen LogP contribution in [-0.4, -0.2) is 31.1 Å². The highest BCUT2D eigenvalue weighted by molar-refractivity contribution is 6.04. The standard InChI is InChI=1S/C25H25NO5/c1-14-22(25(29)31-3)23(16-9-10-19(27)21(13-16)30-2)24-18(26-14)11-17(12-20(24)28)15-7-5-4-6-8-15/h4-10,13,17,23,26-27H,11-12H2,1-3H3/t17-,23-/m1/s1. The van der Waals surface area contributed by atoms with Crippen molar-refractivity contribution in [3.63, 3.8) is 0 Å². The molecule has 1 aliphatic carbocycles. The van der Waals surface area contributed by atoms with Gasteiger partial charge in [-0.05, 0) is 42.5 Å². The van der Waals surface area contributed by atoms with Gasteiger partial charge in [0.25, 0.3) is 0 Å². The number of hydrogen-bond donors (Lipinski definition) is 2. The number of esters is 1. The number of phenols is 1. The summed E-state index contributed by atoms with van der Waals surface area (Å²) in [4.78, 5) is 26.1. The number of aromatic hydroxyl groups is 1. The van der Waals surface area contributed by atoms with E-state index in [0.29, 0.717) is 35.2 Å². The van der Waals surface area contributed by atoms with Crippen LogP contribution in [0.1, 0.15) is 42.7 Å². The molecule has 2 aliphatic rings. The maximum atomic E-state index is 13.4. The van der Waals surface area contributed by atoms with Crippen molar-refractivity contribution in [3.05, 3.63) is 82.2 Å². The summed E-state index contributed by atoms with van der Waals surface area (Å²) in [6.45, 7) is 1.82. The van der Waals surface area contributed by atoms with Gasteiger partial charge in [0.05, 0.1) is 19.8 Å². The number of ether oxygens (including phenoxy) is 2. The highest BCUT2D eigenvalue weighted by Gasteiger charge is 2.41. The lowest BCUT2D eigenvalue weighted by atomic mass is 9.71. The number of allylic oxidation sites excluding steroid dienone is 3. The third-order valence-corrected chi connectivity index (χ3v) is 6.04. The molecule has 6 heteroatoms. The zero-order valence-corrected chi connectivity index (χ0v) is 17.8. The fourth-order valence-corrected chi connectivity index (χ4v) is 4.59. The van der Waals surface area contributed by atoms with Gasteiger partial charge in [0.2, 0.25) is 0 Å². The number of Topliss-reactive ketones (excluding diaryl/α,β-unsaturated/α-hetero) is 1. The molecule has 1 aliphatic heterocycles. The Bertz CT molecular complexity index is 1100. The molecule has 2 aromatic rings. The normalized spacial score (nSPS) is 20.8. The average molecular weight is 419 g/mol. The summed E-state index contributed by atoms with van der Waals surface area (Å²) in [6.07, 6.45) is 1.03. The first-order chi connectivity index (χ1) is 14.9. The van der Waals surface area contributed by atoms with E-state index in [2.05, 4.69) is 5.32 Å². The zero-order valence-electron chi connectivity index (χ0n) is 17.8. The SMILES string of the molecule is COC(=O)C1=C(C)NC2=C(C(=O)C[C@H](c3ccccc3)C2)[C@@H]1c1ccc(O)c(OC)c1. The van der Waals surface area contributed by atoms with Crippen molar-refractivity contribution in [2.24, 2.45) is 0 Å². The summed E-state index contributed by atoms with van der Waals surface area (Å²) in [5.74, 6) is -0.746. The smallest absolute Gasteiger partial charge is 0.336 e. The number of rotatable bonds is 4. The number of ketones is 1. The molecule has 0 saturated heterocycles. The Labute approximate surface area is 181 Å². The molecule has 1 heterocycles. The van der Waals surface area contributed by atoms with Gasteiger partial charge in [-0.1, -0.05) is 36.4 Å². The molecule has 0 amide bonds. The van der Waals surface area contributed by atoms with Gasteiger partial charge in [0, 0.05) is 29.3 Å². The quantitative estimate of drug-likeness (QED) is 0.731. The molecular formula is C25H25NO5. The van der Waals surface area contributed by atoms with Gasteiger partial charge in [0.15, 0.2) is 17.3 Å². The van der Waals surface area contributed by atoms with Crippen LogP contribution in [0, 0.1) is 0 Å². The van der Waals surface area contributed by atoms with E-state index < -0.39 is 11.9 Å². The summed E-state index contributed by atoms with van der Waals surface area (Å²) in [7, 11) is 2.79. The summed E-state index contributed by atoms with van der Waals surface area (Å²) in [5, 5.41) is 13.3. The molecule has 0 radical (unpaired) electrons. The third-order valence-electron chi connectivity index (χ3n) is 6.04. The van der Waals surface area contributed by atoms with Crippen LogP contribution in [0.25, 0.3) is 0 Å². The molecule has 31 heavy (non-hydrogen) atoms. The fraction of sp³-hybridized carbons (Fsp3) is 0.280. The lowest BCUT2D eigenvalue weighted by Gasteiger charge is -2.36. The Morgan fingerprint density at radius 3 is 2.48 bits per heavy atom. The zero-order chi connectivity index (χ0) is 22.1. The minimum absolute atomic E-state index is 0.00572. The molecule has 2 atom stereocenters. The van der Waals surface area contributed by atoms with E-state index in [9.17, 15) is 14.7 Å². The molecular weight excluding hydrogens is 394 g/mol. The maximum Gasteiger partial charge on any atom is 0.336 e. The van der Waals surface area contributed by atoms with E-state index in [0.717, 1.165) is 11.3 Å². The predicted octanol–water partition coefficient (Wildman–Crippen LogP) is 3.94. The molecule has 0 saturated carbocycles. The van der Waals surface area contributed by atoms with Crippen molar-refractivity contribution in [1.29, 1.82) is 0 Å². The van der Waals surface area contributed by atoms with Crippen molar-refractivity contribution < 1.29 is 24.2 Å². The van der Waals surface area contributed by atoms with Gasteiger partial charge in [-0.3, -0.25) is 4.79 Å². The van der Waals surface area contributed by atoms with E-state index in [1.807, 2.05) is 37.3 Å². The number of methoxy groups -OCH3 is 2. The number of benzene rings is 2. The maximum absolute atomic E-state index is 13.4. The summed E-state index contributed by atoms with van der Waals surface area (Å²) >= 11 is 0. The predicted molar refractivity (Wildman–Crippen MR) is 116 cm³/mol. The van der Waals surface area contributed by atoms with Crippen molar-refractivity contribution in [1.82, 2.24) is 5.32 Å². The van der Waals surface area contributed by atoms with E-state index >= 15 is 0 Å². The minimum Gasteiger partial charge on any atom is -0.504 e. The molecule has 0 bridgehead atoms. The van der Waals surface area contributed by atoms with Crippen molar-refractivity contribution in [3.8, 4) is 11.5 Å². The summed E-state index contributed by atoms with van der Waals surface area (Å²) in [5.41, 5.74) is 4.25. The lowest BCUT2D eigenvalue weighted by molar-refractivity contribution is -0.136. The van der Waals surface area contributed by atoms with Crippen molar-refractivity contribution in [2.45, 2.75) is 31.6 Å². The van der Waals surface area contributed by atoms with Gasteiger partial charge >= 0.3 is 5.97 Å². The topological polar surface area (TPSA) is 84.9 Å². The number of phenolic OH excluding ortho intramolecular Hbond substituents is 1. The highest BCUT2D eigenvalue weighted by atomic mass is 16.5. The summed E-state index contributed by atoms with van der Waals surface area (Å²) in [6, 6.07) is 14.9. The molecule has 2 N–H and O–H groups in total. The third kappa shape index (κ3) is 3.69. The van der Waals surface area contributed by atoms with Gasteiger partial charge in [0.1, 0.15) is 0 Å². The number of hydrogen-bond acceptors (Lipinski definition) is 6. The number of carbonyl (C=O) groups is 2. The lowest BCUT2D eigenvalue weighted by Crippen LogP contribution is -2.36. The van der Waals surface area contributed by atoms with Crippen LogP contribution in [0.4, 0.5) is 0 Å². The first-order valence-corrected chi connectivity index (χ1v) is 10.2. The van der Waals surface area contributed by atoms with Crippen LogP contribution < -0.4 is 10.1 Å². The van der Waals surface area contributed by atoms with Crippen LogP contribution in [0.5, 0.6) is 11.5 Å². The molecule has 2 aromatic carbocycles. The van der Waals surface area contributed by atoms with Gasteiger partial charge in [-0.15, -0.1) is 0 Å². The second kappa shape index (κ2) is 8.30. The second-order valence-corrected chi connectivity index (χ2v) is 7.85. The van der Waals surface area contributed by atoms with Gasteiger partial charge in [-0.2, -0.15) is 0 Å². The molecule has 6 nitrogen and oxygen atoms in total. The van der Waals surface area contributed by atoms with Gasteiger partial charge in [-0.25, -0.2) is 4.79 Å². The molecule has 0 unspecified atom stereocenters. The van der Waals surface area contributed by atoms with Crippen LogP contribution in [-0.2, 0) is 14.3 Å². The molecule has 0 aromatic heterocycles. The Morgan fingerprint density at radius 2 is 1.81 bits per heavy atom. The van der Waals surface area contributed by atoms with Gasteiger partial charge < -0.3 is 19.9 Å². The number of nitrogens with one attached hydrogen (secondary N) is 1. The van der Waals surface area contributed by atoms with E-state index in [1.54, 1.807) is 12.1 Å². The van der Waals surface area contributed by atoms with Crippen LogP contribution in [0.15, 0.2) is 71.1 Å². The Kier molecular flexibility index (Phi) is 5.55. The van der Waals surface area contributed by atoms with Crippen LogP contribution in [0.3, 0.4) is 0 Å². The van der Waals surface area contributed by atoms with Crippen molar-refractivity contribution >= 4 is 11.8 Å². The Morgan fingerprint density at radius 1 is 1.06 bits per heavy atom. The fourth-order valence-electron chi connectivity index (χ4n) is 4.59. The second-order valence-electron chi connectivity index (χ2n) is 7.85. The molecule has 0 spiro atoms. The Hall–Kier alpha value is -3.54. The Balaban J connectivity index is 1.84. The largest absolute Gasteiger partial charge is 0.504 e.